The van der Waals surface area contributed by atoms with Crippen molar-refractivity contribution in [1.82, 2.24) is 4.98 Å². The van der Waals surface area contributed by atoms with Crippen LogP contribution in [0.3, 0.4) is 0 Å². The lowest BCUT2D eigenvalue weighted by molar-refractivity contribution is 0.107. The SMILES string of the molecule is NCCc1c[nH]c2ccc(O)cc12.c1ccc(COCc2ccccc2)cc1. The number of phenolic OH excluding ortho intramolecular Hbond substituents is 1. The molecule has 4 aromatic rings. The van der Waals surface area contributed by atoms with Gasteiger partial charge in [0, 0.05) is 17.1 Å². The van der Waals surface area contributed by atoms with E-state index in [1.165, 1.54) is 11.1 Å². The van der Waals surface area contributed by atoms with Gasteiger partial charge in [0.2, 0.25) is 0 Å². The number of H-pyrrole nitrogens is 1. The third-order valence-electron chi connectivity index (χ3n) is 4.39. The first-order valence-electron chi connectivity index (χ1n) is 9.41. The van der Waals surface area contributed by atoms with E-state index in [-0.39, 0.29) is 0 Å². The third-order valence-corrected chi connectivity index (χ3v) is 4.39. The van der Waals surface area contributed by atoms with Crippen LogP contribution in [0.5, 0.6) is 5.75 Å². The molecular formula is C24H26N2O2. The smallest absolute Gasteiger partial charge is 0.116 e. The van der Waals surface area contributed by atoms with Crippen molar-refractivity contribution in [2.24, 2.45) is 5.73 Å². The van der Waals surface area contributed by atoms with E-state index in [1.54, 1.807) is 12.1 Å². The molecule has 0 saturated heterocycles. The van der Waals surface area contributed by atoms with Crippen molar-refractivity contribution in [3.05, 3.63) is 102 Å². The highest BCUT2D eigenvalue weighted by atomic mass is 16.5. The number of nitrogens with one attached hydrogen (secondary N) is 1. The molecule has 0 saturated carbocycles. The Labute approximate surface area is 165 Å². The van der Waals surface area contributed by atoms with Gasteiger partial charge >= 0.3 is 0 Å². The summed E-state index contributed by atoms with van der Waals surface area (Å²) in [4.78, 5) is 3.13. The van der Waals surface area contributed by atoms with E-state index in [4.69, 9.17) is 10.5 Å². The summed E-state index contributed by atoms with van der Waals surface area (Å²) < 4.78 is 5.61. The molecule has 28 heavy (non-hydrogen) atoms. The summed E-state index contributed by atoms with van der Waals surface area (Å²) in [6, 6.07) is 25.7. The minimum atomic E-state index is 0.297. The van der Waals surface area contributed by atoms with E-state index in [9.17, 15) is 5.11 Å². The largest absolute Gasteiger partial charge is 0.508 e. The number of rotatable bonds is 6. The molecule has 0 aliphatic rings. The van der Waals surface area contributed by atoms with Crippen LogP contribution < -0.4 is 5.73 Å². The van der Waals surface area contributed by atoms with Crippen LogP contribution in [0.15, 0.2) is 85.1 Å². The number of aromatic hydroxyl groups is 1. The fraction of sp³-hybridized carbons (Fsp3) is 0.167. The Morgan fingerprint density at radius 2 is 1.43 bits per heavy atom. The van der Waals surface area contributed by atoms with Crippen molar-refractivity contribution in [2.75, 3.05) is 6.54 Å². The van der Waals surface area contributed by atoms with Crippen LogP contribution in [0.4, 0.5) is 0 Å². The van der Waals surface area contributed by atoms with Crippen LogP contribution >= 0.6 is 0 Å². The monoisotopic (exact) mass is 374 g/mol. The second kappa shape index (κ2) is 10.3. The lowest BCUT2D eigenvalue weighted by Gasteiger charge is -2.03. The summed E-state index contributed by atoms with van der Waals surface area (Å²) in [6.45, 7) is 1.98. The molecule has 0 atom stereocenters. The first-order valence-corrected chi connectivity index (χ1v) is 9.41. The quantitative estimate of drug-likeness (QED) is 0.455. The molecule has 0 aliphatic heterocycles. The van der Waals surface area contributed by atoms with Gasteiger partial charge in [-0.2, -0.15) is 0 Å². The predicted octanol–water partition coefficient (Wildman–Crippen LogP) is 4.78. The highest BCUT2D eigenvalue weighted by molar-refractivity contribution is 5.84. The van der Waals surface area contributed by atoms with E-state index in [0.717, 1.165) is 22.9 Å². The second-order valence-corrected chi connectivity index (χ2v) is 6.55. The standard InChI is InChI=1S/C14H14O.C10H12N2O/c1-3-7-13(8-4-1)11-15-12-14-9-5-2-6-10-14;11-4-3-7-6-12-10-2-1-8(13)5-9(7)10/h1-10H,11-12H2;1-2,5-6,12-13H,3-4,11H2. The fourth-order valence-corrected chi connectivity index (χ4v) is 2.96. The first kappa shape index (κ1) is 19.7. The number of hydrogen-bond acceptors (Lipinski definition) is 3. The zero-order chi connectivity index (χ0) is 19.6. The van der Waals surface area contributed by atoms with Gasteiger partial charge < -0.3 is 20.6 Å². The molecule has 144 valence electrons. The Bertz CT molecular complexity index is 926. The van der Waals surface area contributed by atoms with Gasteiger partial charge in [0.1, 0.15) is 5.75 Å². The van der Waals surface area contributed by atoms with Crippen molar-refractivity contribution in [3.63, 3.8) is 0 Å². The van der Waals surface area contributed by atoms with Crippen molar-refractivity contribution in [3.8, 4) is 5.75 Å². The Morgan fingerprint density at radius 3 is 2.00 bits per heavy atom. The molecule has 1 heterocycles. The number of nitrogens with two attached hydrogens (primary N) is 1. The molecule has 4 N–H and O–H groups in total. The van der Waals surface area contributed by atoms with Crippen molar-refractivity contribution >= 4 is 10.9 Å². The Hall–Kier alpha value is -3.08. The molecule has 0 amide bonds. The topological polar surface area (TPSA) is 71.3 Å². The molecule has 0 bridgehead atoms. The predicted molar refractivity (Wildman–Crippen MR) is 114 cm³/mol. The van der Waals surface area contributed by atoms with E-state index in [1.807, 2.05) is 48.7 Å². The van der Waals surface area contributed by atoms with Crippen LogP contribution in [0.25, 0.3) is 10.9 Å². The number of benzene rings is 3. The first-order chi connectivity index (χ1) is 13.8. The van der Waals surface area contributed by atoms with E-state index in [0.29, 0.717) is 25.5 Å². The van der Waals surface area contributed by atoms with Crippen molar-refractivity contribution in [1.29, 1.82) is 0 Å². The molecular weight excluding hydrogens is 348 g/mol. The molecule has 0 aliphatic carbocycles. The van der Waals surface area contributed by atoms with Crippen LogP contribution in [0.1, 0.15) is 16.7 Å². The molecule has 1 aromatic heterocycles. The van der Waals surface area contributed by atoms with Gasteiger partial charge in [-0.15, -0.1) is 0 Å². The van der Waals surface area contributed by atoms with Crippen molar-refractivity contribution in [2.45, 2.75) is 19.6 Å². The molecule has 0 unspecified atom stereocenters. The average molecular weight is 374 g/mol. The summed E-state index contributed by atoms with van der Waals surface area (Å²) in [5.74, 6) is 0.297. The lowest BCUT2D eigenvalue weighted by atomic mass is 10.1. The van der Waals surface area contributed by atoms with Crippen LogP contribution in [0, 0.1) is 0 Å². The molecule has 0 radical (unpaired) electrons. The molecule has 4 rings (SSSR count). The van der Waals surface area contributed by atoms with E-state index < -0.39 is 0 Å². The van der Waals surface area contributed by atoms with Gasteiger partial charge in [0.15, 0.2) is 0 Å². The van der Waals surface area contributed by atoms with Gasteiger partial charge in [-0.05, 0) is 47.9 Å². The van der Waals surface area contributed by atoms with E-state index >= 15 is 0 Å². The zero-order valence-corrected chi connectivity index (χ0v) is 15.8. The van der Waals surface area contributed by atoms with Crippen molar-refractivity contribution < 1.29 is 9.84 Å². The molecule has 3 aromatic carbocycles. The number of aromatic amines is 1. The normalized spacial score (nSPS) is 10.5. The summed E-state index contributed by atoms with van der Waals surface area (Å²) in [7, 11) is 0. The number of aromatic nitrogens is 1. The summed E-state index contributed by atoms with van der Waals surface area (Å²) in [5.41, 5.74) is 10.1. The minimum absolute atomic E-state index is 0.297. The number of fused-ring (bicyclic) bond motifs is 1. The Morgan fingerprint density at radius 1 is 0.821 bits per heavy atom. The lowest BCUT2D eigenvalue weighted by Crippen LogP contribution is -2.01. The second-order valence-electron chi connectivity index (χ2n) is 6.55. The maximum Gasteiger partial charge on any atom is 0.116 e. The summed E-state index contributed by atoms with van der Waals surface area (Å²) >= 11 is 0. The summed E-state index contributed by atoms with van der Waals surface area (Å²) in [5, 5.41) is 10.4. The molecule has 0 spiro atoms. The van der Waals surface area contributed by atoms with E-state index in [2.05, 4.69) is 29.2 Å². The maximum atomic E-state index is 9.30. The summed E-state index contributed by atoms with van der Waals surface area (Å²) in [6.07, 6.45) is 2.78. The number of ether oxygens (including phenoxy) is 1. The minimum Gasteiger partial charge on any atom is -0.508 e. The highest BCUT2D eigenvalue weighted by Crippen LogP contribution is 2.22. The third kappa shape index (κ3) is 5.71. The number of phenols is 1. The van der Waals surface area contributed by atoms with Gasteiger partial charge in [-0.25, -0.2) is 0 Å². The Balaban J connectivity index is 0.000000162. The van der Waals surface area contributed by atoms with Gasteiger partial charge in [-0.3, -0.25) is 0 Å². The average Bonchev–Trinajstić information content (AvgIpc) is 3.12. The fourth-order valence-electron chi connectivity index (χ4n) is 2.96. The van der Waals surface area contributed by atoms with Gasteiger partial charge in [-0.1, -0.05) is 60.7 Å². The van der Waals surface area contributed by atoms with Crippen LogP contribution in [-0.2, 0) is 24.4 Å². The van der Waals surface area contributed by atoms with Crippen LogP contribution in [-0.4, -0.2) is 16.6 Å². The van der Waals surface area contributed by atoms with Gasteiger partial charge in [0.05, 0.1) is 13.2 Å². The molecule has 4 heteroatoms. The highest BCUT2D eigenvalue weighted by Gasteiger charge is 2.02. The molecule has 4 nitrogen and oxygen atoms in total. The molecule has 0 fully saturated rings. The number of hydrogen-bond donors (Lipinski definition) is 3. The van der Waals surface area contributed by atoms with Gasteiger partial charge in [0.25, 0.3) is 0 Å². The maximum absolute atomic E-state index is 9.30. The Kier molecular flexibility index (Phi) is 7.24. The van der Waals surface area contributed by atoms with Crippen LogP contribution in [0.2, 0.25) is 0 Å². The zero-order valence-electron chi connectivity index (χ0n) is 15.8.